The van der Waals surface area contributed by atoms with Crippen LogP contribution in [0.2, 0.25) is 0 Å². The third-order valence-corrected chi connectivity index (χ3v) is 6.69. The Hall–Kier alpha value is -3.43. The van der Waals surface area contributed by atoms with Gasteiger partial charge >= 0.3 is 11.9 Å². The van der Waals surface area contributed by atoms with Crippen molar-refractivity contribution in [1.82, 2.24) is 14.7 Å². The number of hydrogen-bond acceptors (Lipinski definition) is 6. The molecule has 36 heavy (non-hydrogen) atoms. The summed E-state index contributed by atoms with van der Waals surface area (Å²) in [6.07, 6.45) is 2.15. The molecule has 9 nitrogen and oxygen atoms in total. The molecule has 2 aromatic rings. The Bertz CT molecular complexity index is 970. The number of piperidine rings is 1. The van der Waals surface area contributed by atoms with E-state index in [9.17, 15) is 4.79 Å². The first-order valence-corrected chi connectivity index (χ1v) is 12.4. The molecule has 2 aromatic carbocycles. The first-order valence-electron chi connectivity index (χ1n) is 12.4. The molecule has 2 aliphatic rings. The SMILES string of the molecule is CCN1CCN(C2CCN(C(=O)COc3ccc(-c4ccccc4)cc3)CC2)CC1.O=C(O)C(=O)O. The van der Waals surface area contributed by atoms with Crippen molar-refractivity contribution >= 4 is 17.8 Å². The van der Waals surface area contributed by atoms with Crippen LogP contribution in [0.4, 0.5) is 0 Å². The molecule has 4 rings (SSSR count). The highest BCUT2D eigenvalue weighted by atomic mass is 16.5. The Morgan fingerprint density at radius 1 is 0.806 bits per heavy atom. The second kappa shape index (κ2) is 13.6. The number of ether oxygens (including phenoxy) is 1. The molecule has 0 bridgehead atoms. The average Bonchev–Trinajstić information content (AvgIpc) is 2.93. The smallest absolute Gasteiger partial charge is 0.414 e. The van der Waals surface area contributed by atoms with E-state index in [1.54, 1.807) is 0 Å². The summed E-state index contributed by atoms with van der Waals surface area (Å²) in [5, 5.41) is 14.8. The lowest BCUT2D eigenvalue weighted by atomic mass is 10.0. The fourth-order valence-corrected chi connectivity index (χ4v) is 4.54. The van der Waals surface area contributed by atoms with E-state index in [0.717, 1.165) is 56.9 Å². The van der Waals surface area contributed by atoms with Gasteiger partial charge in [-0.3, -0.25) is 9.69 Å². The lowest BCUT2D eigenvalue weighted by molar-refractivity contribution is -0.159. The van der Waals surface area contributed by atoms with Gasteiger partial charge in [-0.05, 0) is 42.6 Å². The molecule has 0 aliphatic carbocycles. The molecule has 2 N–H and O–H groups in total. The third kappa shape index (κ3) is 8.07. The first-order chi connectivity index (χ1) is 17.4. The molecule has 0 unspecified atom stereocenters. The summed E-state index contributed by atoms with van der Waals surface area (Å²) < 4.78 is 5.77. The van der Waals surface area contributed by atoms with Crippen molar-refractivity contribution in [3.63, 3.8) is 0 Å². The van der Waals surface area contributed by atoms with Crippen molar-refractivity contribution in [2.75, 3.05) is 52.4 Å². The monoisotopic (exact) mass is 497 g/mol. The van der Waals surface area contributed by atoms with Crippen LogP contribution in [-0.2, 0) is 14.4 Å². The van der Waals surface area contributed by atoms with Gasteiger partial charge in [0.2, 0.25) is 0 Å². The number of hydrogen-bond donors (Lipinski definition) is 2. The summed E-state index contributed by atoms with van der Waals surface area (Å²) in [4.78, 5) is 37.9. The number of likely N-dealkylation sites (N-methyl/N-ethyl adjacent to an activating group) is 1. The van der Waals surface area contributed by atoms with E-state index in [1.165, 1.54) is 18.7 Å². The number of aliphatic carboxylic acids is 2. The molecule has 194 valence electrons. The van der Waals surface area contributed by atoms with Gasteiger partial charge < -0.3 is 24.7 Å². The van der Waals surface area contributed by atoms with Gasteiger partial charge in [-0.2, -0.15) is 0 Å². The normalized spacial score (nSPS) is 17.1. The number of piperazine rings is 1. The maximum Gasteiger partial charge on any atom is 0.414 e. The zero-order valence-electron chi connectivity index (χ0n) is 20.7. The van der Waals surface area contributed by atoms with Gasteiger partial charge in [-0.15, -0.1) is 0 Å². The van der Waals surface area contributed by atoms with Crippen LogP contribution in [0.25, 0.3) is 11.1 Å². The predicted octanol–water partition coefficient (Wildman–Crippen LogP) is 2.52. The Kier molecular flexibility index (Phi) is 10.3. The number of benzene rings is 2. The Morgan fingerprint density at radius 3 is 1.89 bits per heavy atom. The van der Waals surface area contributed by atoms with Crippen molar-refractivity contribution in [3.8, 4) is 16.9 Å². The number of likely N-dealkylation sites (tertiary alicyclic amines) is 1. The van der Waals surface area contributed by atoms with Crippen molar-refractivity contribution < 1.29 is 29.3 Å². The Morgan fingerprint density at radius 2 is 1.36 bits per heavy atom. The maximum atomic E-state index is 12.6. The Balaban J connectivity index is 0.000000538. The largest absolute Gasteiger partial charge is 0.484 e. The van der Waals surface area contributed by atoms with Crippen molar-refractivity contribution in [1.29, 1.82) is 0 Å². The predicted molar refractivity (Wildman–Crippen MR) is 136 cm³/mol. The van der Waals surface area contributed by atoms with Gasteiger partial charge in [0.15, 0.2) is 6.61 Å². The van der Waals surface area contributed by atoms with Crippen LogP contribution < -0.4 is 4.74 Å². The number of carboxylic acid groups (broad SMARTS) is 2. The second-order valence-electron chi connectivity index (χ2n) is 8.87. The van der Waals surface area contributed by atoms with E-state index < -0.39 is 11.9 Å². The molecule has 1 amide bonds. The number of amides is 1. The second-order valence-corrected chi connectivity index (χ2v) is 8.87. The van der Waals surface area contributed by atoms with Crippen LogP contribution in [0.5, 0.6) is 5.75 Å². The van der Waals surface area contributed by atoms with E-state index in [2.05, 4.69) is 28.9 Å². The maximum absolute atomic E-state index is 12.6. The highest BCUT2D eigenvalue weighted by Gasteiger charge is 2.28. The molecular weight excluding hydrogens is 462 g/mol. The molecule has 0 saturated carbocycles. The molecule has 2 aliphatic heterocycles. The topological polar surface area (TPSA) is 111 Å². The fourth-order valence-electron chi connectivity index (χ4n) is 4.54. The molecule has 2 saturated heterocycles. The summed E-state index contributed by atoms with van der Waals surface area (Å²) in [5.41, 5.74) is 2.33. The van der Waals surface area contributed by atoms with Gasteiger partial charge in [0.25, 0.3) is 5.91 Å². The summed E-state index contributed by atoms with van der Waals surface area (Å²) >= 11 is 0. The number of carboxylic acids is 2. The van der Waals surface area contributed by atoms with Crippen molar-refractivity contribution in [2.45, 2.75) is 25.8 Å². The van der Waals surface area contributed by atoms with Gasteiger partial charge in [0, 0.05) is 45.3 Å². The average molecular weight is 498 g/mol. The number of rotatable bonds is 6. The summed E-state index contributed by atoms with van der Waals surface area (Å²) in [6.45, 7) is 9.85. The molecule has 2 fully saturated rings. The Labute approximate surface area is 211 Å². The zero-order chi connectivity index (χ0) is 25.9. The molecule has 0 spiro atoms. The zero-order valence-corrected chi connectivity index (χ0v) is 20.7. The van der Waals surface area contributed by atoms with E-state index in [4.69, 9.17) is 24.5 Å². The third-order valence-electron chi connectivity index (χ3n) is 6.69. The van der Waals surface area contributed by atoms with Crippen LogP contribution in [0.1, 0.15) is 19.8 Å². The van der Waals surface area contributed by atoms with Gasteiger partial charge in [-0.25, -0.2) is 9.59 Å². The lowest BCUT2D eigenvalue weighted by Crippen LogP contribution is -2.54. The minimum atomic E-state index is -1.82. The molecule has 0 atom stereocenters. The van der Waals surface area contributed by atoms with E-state index in [0.29, 0.717) is 6.04 Å². The van der Waals surface area contributed by atoms with Gasteiger partial charge in [-0.1, -0.05) is 49.4 Å². The summed E-state index contributed by atoms with van der Waals surface area (Å²) in [5.74, 6) is -2.81. The quantitative estimate of drug-likeness (QED) is 0.586. The molecule has 0 radical (unpaired) electrons. The molecule has 2 heterocycles. The summed E-state index contributed by atoms with van der Waals surface area (Å²) in [6, 6.07) is 18.9. The van der Waals surface area contributed by atoms with Crippen molar-refractivity contribution in [3.05, 3.63) is 54.6 Å². The van der Waals surface area contributed by atoms with Crippen LogP contribution in [-0.4, -0.2) is 101 Å². The standard InChI is InChI=1S/C25H33N3O2.C2H2O4/c1-2-26-16-18-27(19-17-26)23-12-14-28(15-13-23)25(29)20-30-24-10-8-22(9-11-24)21-6-4-3-5-7-21;3-1(4)2(5)6/h3-11,23H,2,12-20H2,1H3;(H,3,4)(H,5,6). The molecular formula is C27H35N3O6. The van der Waals surface area contributed by atoms with E-state index >= 15 is 0 Å². The van der Waals surface area contributed by atoms with Crippen LogP contribution in [0.3, 0.4) is 0 Å². The number of carbonyl (C=O) groups excluding carboxylic acids is 1. The molecule has 9 heteroatoms. The van der Waals surface area contributed by atoms with Crippen LogP contribution >= 0.6 is 0 Å². The minimum Gasteiger partial charge on any atom is -0.484 e. The van der Waals surface area contributed by atoms with E-state index in [1.807, 2.05) is 47.4 Å². The minimum absolute atomic E-state index is 0.0939. The van der Waals surface area contributed by atoms with E-state index in [-0.39, 0.29) is 12.5 Å². The lowest BCUT2D eigenvalue weighted by Gasteiger charge is -2.42. The summed E-state index contributed by atoms with van der Waals surface area (Å²) in [7, 11) is 0. The van der Waals surface area contributed by atoms with Crippen LogP contribution in [0.15, 0.2) is 54.6 Å². The molecule has 0 aromatic heterocycles. The highest BCUT2D eigenvalue weighted by Crippen LogP contribution is 2.22. The highest BCUT2D eigenvalue weighted by molar-refractivity contribution is 6.27. The number of nitrogens with zero attached hydrogens (tertiary/aromatic N) is 3. The first kappa shape index (κ1) is 27.2. The van der Waals surface area contributed by atoms with Gasteiger partial charge in [0.05, 0.1) is 0 Å². The van der Waals surface area contributed by atoms with Crippen LogP contribution in [0, 0.1) is 0 Å². The fraction of sp³-hybridized carbons (Fsp3) is 0.444. The van der Waals surface area contributed by atoms with Gasteiger partial charge in [0.1, 0.15) is 5.75 Å². The van der Waals surface area contributed by atoms with Crippen molar-refractivity contribution in [2.24, 2.45) is 0 Å². The number of carbonyl (C=O) groups is 3.